The van der Waals surface area contributed by atoms with Gasteiger partial charge in [-0.1, -0.05) is 6.07 Å². The first-order valence-corrected chi connectivity index (χ1v) is 5.53. The molecular weight excluding hydrogens is 226 g/mol. The molecule has 2 rings (SSSR count). The van der Waals surface area contributed by atoms with Crippen molar-refractivity contribution in [3.8, 4) is 0 Å². The summed E-state index contributed by atoms with van der Waals surface area (Å²) >= 11 is 0. The molecule has 0 aliphatic heterocycles. The number of hydrogen-bond acceptors (Lipinski definition) is 2. The zero-order valence-corrected chi connectivity index (χ0v) is 9.25. The summed E-state index contributed by atoms with van der Waals surface area (Å²) in [5, 5.41) is 2.76. The van der Waals surface area contributed by atoms with Gasteiger partial charge in [0.25, 0.3) is 0 Å². The smallest absolute Gasteiger partial charge is 0.224 e. The number of amides is 1. The van der Waals surface area contributed by atoms with Crippen molar-refractivity contribution in [1.82, 2.24) is 5.32 Å². The van der Waals surface area contributed by atoms with Gasteiger partial charge in [-0.15, -0.1) is 0 Å². The second-order valence-corrected chi connectivity index (χ2v) is 4.41. The Labute approximate surface area is 98.0 Å². The van der Waals surface area contributed by atoms with Crippen molar-refractivity contribution in [2.45, 2.75) is 31.3 Å². The third-order valence-electron chi connectivity index (χ3n) is 2.91. The fourth-order valence-corrected chi connectivity index (χ4v) is 1.90. The lowest BCUT2D eigenvalue weighted by Gasteiger charge is -2.32. The van der Waals surface area contributed by atoms with Crippen molar-refractivity contribution < 1.29 is 13.6 Å². The second-order valence-electron chi connectivity index (χ2n) is 4.41. The van der Waals surface area contributed by atoms with Crippen molar-refractivity contribution in [1.29, 1.82) is 0 Å². The van der Waals surface area contributed by atoms with Gasteiger partial charge < -0.3 is 11.1 Å². The monoisotopic (exact) mass is 240 g/mol. The Kier molecular flexibility index (Phi) is 3.38. The van der Waals surface area contributed by atoms with Crippen LogP contribution in [0.2, 0.25) is 0 Å². The number of halogens is 2. The number of carbonyl (C=O) groups is 1. The van der Waals surface area contributed by atoms with Crippen LogP contribution in [0.1, 0.15) is 18.4 Å². The normalized spacial score (nSPS) is 23.0. The molecule has 0 heterocycles. The van der Waals surface area contributed by atoms with Gasteiger partial charge in [0.15, 0.2) is 0 Å². The lowest BCUT2D eigenvalue weighted by Crippen LogP contribution is -2.50. The fraction of sp³-hybridized carbons (Fsp3) is 0.417. The second kappa shape index (κ2) is 4.79. The summed E-state index contributed by atoms with van der Waals surface area (Å²) in [6.07, 6.45) is 1.45. The van der Waals surface area contributed by atoms with Gasteiger partial charge in [0.05, 0.1) is 6.42 Å². The molecule has 0 aromatic heterocycles. The molecule has 0 saturated heterocycles. The van der Waals surface area contributed by atoms with Crippen LogP contribution >= 0.6 is 0 Å². The minimum Gasteiger partial charge on any atom is -0.353 e. The van der Waals surface area contributed by atoms with E-state index in [1.807, 2.05) is 0 Å². The van der Waals surface area contributed by atoms with Crippen molar-refractivity contribution in [2.24, 2.45) is 5.73 Å². The topological polar surface area (TPSA) is 55.1 Å². The molecule has 1 saturated carbocycles. The first-order valence-electron chi connectivity index (χ1n) is 5.53. The van der Waals surface area contributed by atoms with E-state index >= 15 is 0 Å². The number of rotatable bonds is 3. The van der Waals surface area contributed by atoms with E-state index in [2.05, 4.69) is 5.32 Å². The van der Waals surface area contributed by atoms with E-state index in [1.54, 1.807) is 0 Å². The third-order valence-corrected chi connectivity index (χ3v) is 2.91. The van der Waals surface area contributed by atoms with Gasteiger partial charge in [-0.2, -0.15) is 0 Å². The first kappa shape index (κ1) is 12.0. The Morgan fingerprint density at radius 1 is 1.41 bits per heavy atom. The minimum atomic E-state index is -0.689. The van der Waals surface area contributed by atoms with Gasteiger partial charge in [0.2, 0.25) is 5.91 Å². The zero-order chi connectivity index (χ0) is 12.4. The largest absolute Gasteiger partial charge is 0.353 e. The summed E-state index contributed by atoms with van der Waals surface area (Å²) in [6, 6.07) is 3.47. The molecular formula is C12H14F2N2O. The van der Waals surface area contributed by atoms with Gasteiger partial charge in [-0.25, -0.2) is 8.78 Å². The maximum absolute atomic E-state index is 13.3. The summed E-state index contributed by atoms with van der Waals surface area (Å²) in [4.78, 5) is 11.5. The van der Waals surface area contributed by atoms with Gasteiger partial charge in [-0.3, -0.25) is 4.79 Å². The summed E-state index contributed by atoms with van der Waals surface area (Å²) in [5.41, 5.74) is 5.79. The van der Waals surface area contributed by atoms with Gasteiger partial charge in [-0.05, 0) is 24.5 Å². The van der Waals surface area contributed by atoms with E-state index in [0.29, 0.717) is 0 Å². The molecule has 5 heteroatoms. The quantitative estimate of drug-likeness (QED) is 0.831. The fourth-order valence-electron chi connectivity index (χ4n) is 1.90. The molecule has 3 N–H and O–H groups in total. The Morgan fingerprint density at radius 3 is 2.71 bits per heavy atom. The molecule has 1 fully saturated rings. The Morgan fingerprint density at radius 2 is 2.12 bits per heavy atom. The van der Waals surface area contributed by atoms with Crippen LogP contribution in [0.5, 0.6) is 0 Å². The maximum Gasteiger partial charge on any atom is 0.224 e. The van der Waals surface area contributed by atoms with Crippen molar-refractivity contribution in [2.75, 3.05) is 0 Å². The average Bonchev–Trinajstić information content (AvgIpc) is 2.20. The van der Waals surface area contributed by atoms with Crippen molar-refractivity contribution in [3.63, 3.8) is 0 Å². The van der Waals surface area contributed by atoms with Gasteiger partial charge >= 0.3 is 0 Å². The van der Waals surface area contributed by atoms with E-state index in [1.165, 1.54) is 6.07 Å². The lowest BCUT2D eigenvalue weighted by atomic mass is 9.87. The van der Waals surface area contributed by atoms with Gasteiger partial charge in [0.1, 0.15) is 11.6 Å². The highest BCUT2D eigenvalue weighted by Crippen LogP contribution is 2.17. The molecule has 92 valence electrons. The number of nitrogens with two attached hydrogens (primary N) is 1. The predicted molar refractivity (Wildman–Crippen MR) is 59.2 cm³/mol. The predicted octanol–water partition coefficient (Wildman–Crippen LogP) is 1.11. The molecule has 1 aromatic carbocycles. The Bertz CT molecular complexity index is 431. The minimum absolute atomic E-state index is 0.0716. The molecule has 1 amide bonds. The first-order chi connectivity index (χ1) is 8.04. The van der Waals surface area contributed by atoms with Crippen molar-refractivity contribution in [3.05, 3.63) is 35.4 Å². The summed E-state index contributed by atoms with van der Waals surface area (Å²) in [7, 11) is 0. The molecule has 1 aromatic rings. The third kappa shape index (κ3) is 3.00. The van der Waals surface area contributed by atoms with Crippen LogP contribution in [0, 0.1) is 11.6 Å². The SMILES string of the molecule is NC1CC(NC(=O)Cc2ccc(F)cc2F)C1. The molecule has 17 heavy (non-hydrogen) atoms. The molecule has 0 radical (unpaired) electrons. The molecule has 1 aliphatic rings. The molecule has 1 aliphatic carbocycles. The Hall–Kier alpha value is -1.49. The van der Waals surface area contributed by atoms with E-state index in [9.17, 15) is 13.6 Å². The van der Waals surface area contributed by atoms with E-state index in [4.69, 9.17) is 5.73 Å². The highest BCUT2D eigenvalue weighted by Gasteiger charge is 2.27. The van der Waals surface area contributed by atoms with Gasteiger partial charge in [0, 0.05) is 18.2 Å². The summed E-state index contributed by atoms with van der Waals surface area (Å²) < 4.78 is 25.9. The number of hydrogen-bond donors (Lipinski definition) is 2. The average molecular weight is 240 g/mol. The Balaban J connectivity index is 1.89. The summed E-state index contributed by atoms with van der Waals surface area (Å²) in [6.45, 7) is 0. The van der Waals surface area contributed by atoms with Crippen LogP contribution in [0.4, 0.5) is 8.78 Å². The number of nitrogens with one attached hydrogen (secondary N) is 1. The van der Waals surface area contributed by atoms with Crippen molar-refractivity contribution >= 4 is 5.91 Å². The highest BCUT2D eigenvalue weighted by molar-refractivity contribution is 5.79. The van der Waals surface area contributed by atoms with E-state index in [0.717, 1.165) is 25.0 Å². The molecule has 3 nitrogen and oxygen atoms in total. The van der Waals surface area contributed by atoms with Crippen LogP contribution in [0.3, 0.4) is 0 Å². The molecule has 0 spiro atoms. The van der Waals surface area contributed by atoms with E-state index in [-0.39, 0.29) is 30.0 Å². The van der Waals surface area contributed by atoms with Crippen LogP contribution in [0.25, 0.3) is 0 Å². The van der Waals surface area contributed by atoms with Crippen LogP contribution in [-0.2, 0) is 11.2 Å². The number of benzene rings is 1. The molecule has 0 unspecified atom stereocenters. The maximum atomic E-state index is 13.3. The van der Waals surface area contributed by atoms with Crippen LogP contribution in [0.15, 0.2) is 18.2 Å². The van der Waals surface area contributed by atoms with E-state index < -0.39 is 11.6 Å². The highest BCUT2D eigenvalue weighted by atomic mass is 19.1. The standard InChI is InChI=1S/C12H14F2N2O/c13-8-2-1-7(11(14)4-8)3-12(17)16-10-5-9(15)6-10/h1-2,4,9-10H,3,5-6,15H2,(H,16,17). The number of carbonyl (C=O) groups excluding carboxylic acids is 1. The van der Waals surface area contributed by atoms with Crippen LogP contribution in [-0.4, -0.2) is 18.0 Å². The molecule has 0 atom stereocenters. The lowest BCUT2D eigenvalue weighted by molar-refractivity contribution is -0.121. The van der Waals surface area contributed by atoms with Crippen LogP contribution < -0.4 is 11.1 Å². The zero-order valence-electron chi connectivity index (χ0n) is 9.25. The summed E-state index contributed by atoms with van der Waals surface area (Å²) in [5.74, 6) is -1.59. The molecule has 0 bridgehead atoms.